The zero-order valence-corrected chi connectivity index (χ0v) is 11.7. The first-order chi connectivity index (χ1) is 9.74. The van der Waals surface area contributed by atoms with Crippen LogP contribution in [0.4, 0.5) is 18.2 Å². The quantitative estimate of drug-likeness (QED) is 0.911. The van der Waals surface area contributed by atoms with Crippen LogP contribution in [0, 0.1) is 6.92 Å². The zero-order chi connectivity index (χ0) is 15.6. The fourth-order valence-electron chi connectivity index (χ4n) is 1.56. The van der Waals surface area contributed by atoms with Gasteiger partial charge in [0.05, 0.1) is 12.6 Å². The van der Waals surface area contributed by atoms with Crippen LogP contribution in [0.15, 0.2) is 24.4 Å². The van der Waals surface area contributed by atoms with Crippen LogP contribution in [-0.4, -0.2) is 22.2 Å². The summed E-state index contributed by atoms with van der Waals surface area (Å²) >= 11 is 0.765. The number of nitrogens with zero attached hydrogens (tertiary/aromatic N) is 1. The normalized spacial score (nSPS) is 11.4. The molecule has 1 amide bonds. The predicted molar refractivity (Wildman–Crippen MR) is 72.7 cm³/mol. The fraction of sp³-hybridized carbons (Fsp3) is 0.231. The molecule has 0 aliphatic carbocycles. The molecule has 2 aromatic rings. The Bertz CT molecular complexity index is 668. The summed E-state index contributed by atoms with van der Waals surface area (Å²) < 4.78 is 36.6. The molecule has 0 atom stereocenters. The topological polar surface area (TPSA) is 62.2 Å². The second-order valence-electron chi connectivity index (χ2n) is 4.37. The molecule has 112 valence electrons. The Hall–Kier alpha value is -2.09. The van der Waals surface area contributed by atoms with Crippen molar-refractivity contribution < 1.29 is 23.1 Å². The average molecular weight is 316 g/mol. The van der Waals surface area contributed by atoms with Gasteiger partial charge in [0.15, 0.2) is 0 Å². The second-order valence-corrected chi connectivity index (χ2v) is 5.48. The number of phenolic OH excluding ortho intramolecular Hbond substituents is 1. The number of nitrogens with one attached hydrogen (secondary N) is 1. The molecule has 1 aromatic carbocycles. The first-order valence-corrected chi connectivity index (χ1v) is 6.69. The number of aromatic nitrogens is 1. The fourth-order valence-corrected chi connectivity index (χ4v) is 2.40. The molecule has 0 aliphatic heterocycles. The van der Waals surface area contributed by atoms with Crippen LogP contribution < -0.4 is 5.32 Å². The maximum atomic E-state index is 12.2. The van der Waals surface area contributed by atoms with Gasteiger partial charge in [-0.3, -0.25) is 4.79 Å². The van der Waals surface area contributed by atoms with Crippen molar-refractivity contribution in [2.24, 2.45) is 0 Å². The number of benzene rings is 1. The number of hydrogen-bond acceptors (Lipinski definition) is 4. The molecule has 1 aromatic heterocycles. The van der Waals surface area contributed by atoms with E-state index in [0.717, 1.165) is 11.3 Å². The van der Waals surface area contributed by atoms with Gasteiger partial charge < -0.3 is 10.4 Å². The summed E-state index contributed by atoms with van der Waals surface area (Å²) in [5.41, 5.74) is 0.834. The molecule has 2 rings (SSSR count). The van der Waals surface area contributed by atoms with Crippen LogP contribution in [-0.2, 0) is 6.42 Å². The summed E-state index contributed by atoms with van der Waals surface area (Å²) in [5.74, 6) is -0.544. The first-order valence-electron chi connectivity index (χ1n) is 5.87. The summed E-state index contributed by atoms with van der Waals surface area (Å²) in [6.45, 7) is 1.68. The van der Waals surface area contributed by atoms with E-state index in [1.807, 2.05) is 0 Å². The number of alkyl halides is 3. The molecule has 8 heteroatoms. The number of anilines is 1. The SMILES string of the molecule is Cc1ccc(C(=O)Nc2cnc(CC(F)(F)F)s2)cc1O. The molecule has 0 radical (unpaired) electrons. The Morgan fingerprint density at radius 3 is 2.76 bits per heavy atom. The summed E-state index contributed by atoms with van der Waals surface area (Å²) in [5, 5.41) is 12.1. The molecule has 0 spiro atoms. The Morgan fingerprint density at radius 2 is 2.14 bits per heavy atom. The minimum absolute atomic E-state index is 0.0234. The van der Waals surface area contributed by atoms with E-state index < -0.39 is 18.5 Å². The van der Waals surface area contributed by atoms with Crippen molar-refractivity contribution in [2.75, 3.05) is 5.32 Å². The highest BCUT2D eigenvalue weighted by Crippen LogP contribution is 2.27. The number of carbonyl (C=O) groups excluding carboxylic acids is 1. The Balaban J connectivity index is 2.07. The van der Waals surface area contributed by atoms with E-state index in [1.165, 1.54) is 18.3 Å². The molecule has 21 heavy (non-hydrogen) atoms. The lowest BCUT2D eigenvalue weighted by atomic mass is 10.1. The number of aryl methyl sites for hydroxylation is 1. The van der Waals surface area contributed by atoms with Gasteiger partial charge in [-0.15, -0.1) is 11.3 Å². The molecule has 0 bridgehead atoms. The van der Waals surface area contributed by atoms with E-state index in [0.29, 0.717) is 5.56 Å². The van der Waals surface area contributed by atoms with Gasteiger partial charge in [0.25, 0.3) is 5.91 Å². The summed E-state index contributed by atoms with van der Waals surface area (Å²) in [6, 6.07) is 4.39. The largest absolute Gasteiger partial charge is 0.508 e. The maximum absolute atomic E-state index is 12.2. The molecule has 2 N–H and O–H groups in total. The minimum Gasteiger partial charge on any atom is -0.508 e. The maximum Gasteiger partial charge on any atom is 0.395 e. The number of halogens is 3. The molecule has 0 saturated heterocycles. The number of phenols is 1. The molecule has 0 fully saturated rings. The van der Waals surface area contributed by atoms with E-state index in [4.69, 9.17) is 0 Å². The number of amides is 1. The molecule has 1 heterocycles. The standard InChI is InChI=1S/C13H11F3N2O2S/c1-7-2-3-8(4-9(7)19)12(20)18-11-6-17-10(21-11)5-13(14,15)16/h2-4,6,19H,5H2,1H3,(H,18,20). The number of carbonyl (C=O) groups is 1. The second kappa shape index (κ2) is 5.72. The highest BCUT2D eigenvalue weighted by atomic mass is 32.1. The third-order valence-electron chi connectivity index (χ3n) is 2.61. The molecule has 0 aliphatic rings. The highest BCUT2D eigenvalue weighted by molar-refractivity contribution is 7.15. The van der Waals surface area contributed by atoms with Gasteiger partial charge in [-0.05, 0) is 24.6 Å². The third kappa shape index (κ3) is 4.19. The monoisotopic (exact) mass is 316 g/mol. The lowest BCUT2D eigenvalue weighted by Gasteiger charge is -2.04. The number of rotatable bonds is 3. The van der Waals surface area contributed by atoms with E-state index >= 15 is 0 Å². The van der Waals surface area contributed by atoms with E-state index in [1.54, 1.807) is 13.0 Å². The van der Waals surface area contributed by atoms with Crippen molar-refractivity contribution in [3.63, 3.8) is 0 Å². The van der Waals surface area contributed by atoms with Crippen molar-refractivity contribution in [3.05, 3.63) is 40.5 Å². The minimum atomic E-state index is -4.33. The Morgan fingerprint density at radius 1 is 1.43 bits per heavy atom. The average Bonchev–Trinajstić information content (AvgIpc) is 2.77. The van der Waals surface area contributed by atoms with Crippen LogP contribution in [0.25, 0.3) is 0 Å². The van der Waals surface area contributed by atoms with Gasteiger partial charge in [-0.25, -0.2) is 4.98 Å². The molecule has 0 saturated carbocycles. The van der Waals surface area contributed by atoms with Crippen molar-refractivity contribution in [1.82, 2.24) is 4.98 Å². The lowest BCUT2D eigenvalue weighted by Crippen LogP contribution is -2.11. The highest BCUT2D eigenvalue weighted by Gasteiger charge is 2.29. The van der Waals surface area contributed by atoms with Gasteiger partial charge in [-0.2, -0.15) is 13.2 Å². The predicted octanol–water partition coefficient (Wildman–Crippen LogP) is 3.51. The van der Waals surface area contributed by atoms with Crippen molar-refractivity contribution >= 4 is 22.2 Å². The number of aromatic hydroxyl groups is 1. The third-order valence-corrected chi connectivity index (χ3v) is 3.53. The summed E-state index contributed by atoms with van der Waals surface area (Å²) in [7, 11) is 0. The van der Waals surface area contributed by atoms with Crippen molar-refractivity contribution in [2.45, 2.75) is 19.5 Å². The van der Waals surface area contributed by atoms with Crippen LogP contribution in [0.3, 0.4) is 0 Å². The van der Waals surface area contributed by atoms with E-state index in [2.05, 4.69) is 10.3 Å². The van der Waals surface area contributed by atoms with Gasteiger partial charge >= 0.3 is 6.18 Å². The molecule has 4 nitrogen and oxygen atoms in total. The van der Waals surface area contributed by atoms with E-state index in [-0.39, 0.29) is 21.3 Å². The first kappa shape index (κ1) is 15.3. The molecular formula is C13H11F3N2O2S. The van der Waals surface area contributed by atoms with Crippen LogP contribution >= 0.6 is 11.3 Å². The van der Waals surface area contributed by atoms with Gasteiger partial charge in [0.2, 0.25) is 0 Å². The van der Waals surface area contributed by atoms with Crippen LogP contribution in [0.5, 0.6) is 5.75 Å². The number of hydrogen-bond donors (Lipinski definition) is 2. The smallest absolute Gasteiger partial charge is 0.395 e. The Labute approximate surface area is 122 Å². The summed E-state index contributed by atoms with van der Waals surface area (Å²) in [6.07, 6.45) is -4.28. The van der Waals surface area contributed by atoms with Gasteiger partial charge in [-0.1, -0.05) is 6.07 Å². The van der Waals surface area contributed by atoms with Gasteiger partial charge in [0.1, 0.15) is 15.8 Å². The molecule has 0 unspecified atom stereocenters. The van der Waals surface area contributed by atoms with Crippen LogP contribution in [0.2, 0.25) is 0 Å². The van der Waals surface area contributed by atoms with Crippen molar-refractivity contribution in [3.8, 4) is 5.75 Å². The van der Waals surface area contributed by atoms with E-state index in [9.17, 15) is 23.1 Å². The Kier molecular flexibility index (Phi) is 4.17. The summed E-state index contributed by atoms with van der Waals surface area (Å²) in [4.78, 5) is 15.5. The number of thiazole rings is 1. The van der Waals surface area contributed by atoms with Crippen LogP contribution in [0.1, 0.15) is 20.9 Å². The lowest BCUT2D eigenvalue weighted by molar-refractivity contribution is -0.127. The molecular weight excluding hydrogens is 305 g/mol. The zero-order valence-electron chi connectivity index (χ0n) is 10.9. The van der Waals surface area contributed by atoms with Crippen molar-refractivity contribution in [1.29, 1.82) is 0 Å². The van der Waals surface area contributed by atoms with Gasteiger partial charge in [0, 0.05) is 5.56 Å².